The summed E-state index contributed by atoms with van der Waals surface area (Å²) in [5.74, 6) is 0.582. The molecule has 0 saturated carbocycles. The Morgan fingerprint density at radius 1 is 1.05 bits per heavy atom. The SMILES string of the molecule is O=C(Cc1ccccc1)NCC1CCCc2ccccc21. The van der Waals surface area contributed by atoms with E-state index in [2.05, 4.69) is 29.6 Å². The number of amides is 1. The minimum absolute atomic E-state index is 0.115. The van der Waals surface area contributed by atoms with Crippen molar-refractivity contribution in [3.8, 4) is 0 Å². The highest BCUT2D eigenvalue weighted by molar-refractivity contribution is 5.78. The number of carbonyl (C=O) groups excluding carboxylic acids is 1. The Morgan fingerprint density at radius 2 is 1.81 bits per heavy atom. The fraction of sp³-hybridized carbons (Fsp3) is 0.316. The molecule has 2 aromatic rings. The second kappa shape index (κ2) is 6.57. The molecule has 1 amide bonds. The lowest BCUT2D eigenvalue weighted by molar-refractivity contribution is -0.120. The fourth-order valence-corrected chi connectivity index (χ4v) is 3.15. The van der Waals surface area contributed by atoms with Crippen LogP contribution in [0.25, 0.3) is 0 Å². The molecule has 1 unspecified atom stereocenters. The predicted molar refractivity (Wildman–Crippen MR) is 85.3 cm³/mol. The fourth-order valence-electron chi connectivity index (χ4n) is 3.15. The van der Waals surface area contributed by atoms with Gasteiger partial charge in [-0.15, -0.1) is 0 Å². The lowest BCUT2D eigenvalue weighted by Crippen LogP contribution is -2.31. The van der Waals surface area contributed by atoms with Gasteiger partial charge in [-0.25, -0.2) is 0 Å². The molecule has 108 valence electrons. The lowest BCUT2D eigenvalue weighted by atomic mass is 9.83. The summed E-state index contributed by atoms with van der Waals surface area (Å²) < 4.78 is 0. The number of hydrogen-bond donors (Lipinski definition) is 1. The van der Waals surface area contributed by atoms with E-state index in [0.29, 0.717) is 12.3 Å². The lowest BCUT2D eigenvalue weighted by Gasteiger charge is -2.25. The van der Waals surface area contributed by atoms with Crippen molar-refractivity contribution in [3.05, 3.63) is 71.3 Å². The molecule has 21 heavy (non-hydrogen) atoms. The van der Waals surface area contributed by atoms with E-state index >= 15 is 0 Å². The average Bonchev–Trinajstić information content (AvgIpc) is 2.54. The van der Waals surface area contributed by atoms with Gasteiger partial charge in [0.1, 0.15) is 0 Å². The molecule has 2 nitrogen and oxygen atoms in total. The van der Waals surface area contributed by atoms with Crippen LogP contribution in [0.1, 0.15) is 35.4 Å². The standard InChI is InChI=1S/C19H21NO/c21-19(13-15-7-2-1-3-8-15)20-14-17-11-6-10-16-9-4-5-12-18(16)17/h1-5,7-9,12,17H,6,10-11,13-14H2,(H,20,21). The molecule has 2 heteroatoms. The van der Waals surface area contributed by atoms with Gasteiger partial charge in [0.05, 0.1) is 6.42 Å². The molecular formula is C19H21NO. The third-order valence-corrected chi connectivity index (χ3v) is 4.25. The molecule has 0 saturated heterocycles. The van der Waals surface area contributed by atoms with Crippen molar-refractivity contribution >= 4 is 5.91 Å². The average molecular weight is 279 g/mol. The number of aryl methyl sites for hydroxylation is 1. The maximum atomic E-state index is 12.1. The zero-order valence-corrected chi connectivity index (χ0v) is 12.2. The summed E-state index contributed by atoms with van der Waals surface area (Å²) in [6.07, 6.45) is 4.03. The van der Waals surface area contributed by atoms with Crippen LogP contribution in [-0.4, -0.2) is 12.5 Å². The third kappa shape index (κ3) is 3.52. The van der Waals surface area contributed by atoms with E-state index in [-0.39, 0.29) is 5.91 Å². The summed E-state index contributed by atoms with van der Waals surface area (Å²) in [5, 5.41) is 3.10. The first kappa shape index (κ1) is 13.9. The van der Waals surface area contributed by atoms with Crippen LogP contribution in [0.15, 0.2) is 54.6 Å². The van der Waals surface area contributed by atoms with Crippen molar-refractivity contribution in [1.29, 1.82) is 0 Å². The number of nitrogens with one attached hydrogen (secondary N) is 1. The molecule has 0 aromatic heterocycles. The van der Waals surface area contributed by atoms with Crippen molar-refractivity contribution in [2.45, 2.75) is 31.6 Å². The van der Waals surface area contributed by atoms with E-state index in [1.807, 2.05) is 30.3 Å². The smallest absolute Gasteiger partial charge is 0.224 e. The highest BCUT2D eigenvalue weighted by Gasteiger charge is 2.20. The summed E-state index contributed by atoms with van der Waals surface area (Å²) in [5.41, 5.74) is 3.94. The topological polar surface area (TPSA) is 29.1 Å². The molecular weight excluding hydrogens is 258 g/mol. The van der Waals surface area contributed by atoms with Gasteiger partial charge in [0.15, 0.2) is 0 Å². The third-order valence-electron chi connectivity index (χ3n) is 4.25. The largest absolute Gasteiger partial charge is 0.355 e. The molecule has 2 aromatic carbocycles. The molecule has 0 spiro atoms. The summed E-state index contributed by atoms with van der Waals surface area (Å²) in [6.45, 7) is 0.753. The van der Waals surface area contributed by atoms with Crippen LogP contribution in [0.5, 0.6) is 0 Å². The Labute approximate surface area is 126 Å². The quantitative estimate of drug-likeness (QED) is 0.912. The van der Waals surface area contributed by atoms with Crippen molar-refractivity contribution in [3.63, 3.8) is 0 Å². The second-order valence-corrected chi connectivity index (χ2v) is 5.75. The molecule has 0 fully saturated rings. The molecule has 0 aliphatic heterocycles. The highest BCUT2D eigenvalue weighted by Crippen LogP contribution is 2.30. The normalized spacial score (nSPS) is 17.0. The van der Waals surface area contributed by atoms with E-state index in [1.54, 1.807) is 0 Å². The Bertz CT molecular complexity index is 606. The Hall–Kier alpha value is -2.09. The molecule has 1 N–H and O–H groups in total. The van der Waals surface area contributed by atoms with Crippen LogP contribution in [0.4, 0.5) is 0 Å². The Morgan fingerprint density at radius 3 is 2.67 bits per heavy atom. The first-order chi connectivity index (χ1) is 10.3. The van der Waals surface area contributed by atoms with Gasteiger partial charge in [-0.05, 0) is 36.0 Å². The van der Waals surface area contributed by atoms with Crippen LogP contribution < -0.4 is 5.32 Å². The number of benzene rings is 2. The van der Waals surface area contributed by atoms with Gasteiger partial charge in [0, 0.05) is 12.5 Å². The van der Waals surface area contributed by atoms with Crippen molar-refractivity contribution < 1.29 is 4.79 Å². The van der Waals surface area contributed by atoms with Gasteiger partial charge >= 0.3 is 0 Å². The van der Waals surface area contributed by atoms with Gasteiger partial charge in [-0.3, -0.25) is 4.79 Å². The van der Waals surface area contributed by atoms with E-state index < -0.39 is 0 Å². The summed E-state index contributed by atoms with van der Waals surface area (Å²) in [6, 6.07) is 18.5. The molecule has 0 bridgehead atoms. The summed E-state index contributed by atoms with van der Waals surface area (Å²) in [7, 11) is 0. The summed E-state index contributed by atoms with van der Waals surface area (Å²) >= 11 is 0. The van der Waals surface area contributed by atoms with E-state index in [4.69, 9.17) is 0 Å². The van der Waals surface area contributed by atoms with E-state index in [0.717, 1.165) is 12.1 Å². The summed E-state index contributed by atoms with van der Waals surface area (Å²) in [4.78, 5) is 12.1. The molecule has 1 atom stereocenters. The number of rotatable bonds is 4. The van der Waals surface area contributed by atoms with E-state index in [9.17, 15) is 4.79 Å². The highest BCUT2D eigenvalue weighted by atomic mass is 16.1. The van der Waals surface area contributed by atoms with Gasteiger partial charge < -0.3 is 5.32 Å². The van der Waals surface area contributed by atoms with Gasteiger partial charge in [0.2, 0.25) is 5.91 Å². The van der Waals surface area contributed by atoms with Crippen molar-refractivity contribution in [2.75, 3.05) is 6.54 Å². The molecule has 0 heterocycles. The maximum Gasteiger partial charge on any atom is 0.224 e. The van der Waals surface area contributed by atoms with Crippen LogP contribution in [0, 0.1) is 0 Å². The molecule has 1 aliphatic carbocycles. The number of fused-ring (bicyclic) bond motifs is 1. The first-order valence-electron chi connectivity index (χ1n) is 7.71. The van der Waals surface area contributed by atoms with E-state index in [1.165, 1.54) is 30.4 Å². The number of hydrogen-bond acceptors (Lipinski definition) is 1. The Balaban J connectivity index is 1.57. The zero-order valence-electron chi connectivity index (χ0n) is 12.2. The molecule has 1 aliphatic rings. The molecule has 3 rings (SSSR count). The monoisotopic (exact) mass is 279 g/mol. The van der Waals surface area contributed by atoms with Crippen LogP contribution in [-0.2, 0) is 17.6 Å². The van der Waals surface area contributed by atoms with Crippen LogP contribution in [0.2, 0.25) is 0 Å². The van der Waals surface area contributed by atoms with Crippen molar-refractivity contribution in [1.82, 2.24) is 5.32 Å². The zero-order chi connectivity index (χ0) is 14.5. The molecule has 0 radical (unpaired) electrons. The van der Waals surface area contributed by atoms with Crippen LogP contribution >= 0.6 is 0 Å². The minimum Gasteiger partial charge on any atom is -0.355 e. The van der Waals surface area contributed by atoms with Crippen LogP contribution in [0.3, 0.4) is 0 Å². The minimum atomic E-state index is 0.115. The van der Waals surface area contributed by atoms with Gasteiger partial charge in [0.25, 0.3) is 0 Å². The maximum absolute atomic E-state index is 12.1. The Kier molecular flexibility index (Phi) is 4.34. The number of carbonyl (C=O) groups is 1. The predicted octanol–water partition coefficient (Wildman–Crippen LogP) is 3.47. The van der Waals surface area contributed by atoms with Gasteiger partial charge in [-0.1, -0.05) is 54.6 Å². The second-order valence-electron chi connectivity index (χ2n) is 5.75. The first-order valence-corrected chi connectivity index (χ1v) is 7.71. The van der Waals surface area contributed by atoms with Crippen molar-refractivity contribution in [2.24, 2.45) is 0 Å². The van der Waals surface area contributed by atoms with Gasteiger partial charge in [-0.2, -0.15) is 0 Å².